The van der Waals surface area contributed by atoms with E-state index in [4.69, 9.17) is 4.74 Å². The van der Waals surface area contributed by atoms with E-state index in [0.717, 1.165) is 75.5 Å². The maximum Gasteiger partial charge on any atom is 0.132 e. The highest BCUT2D eigenvalue weighted by molar-refractivity contribution is 5.41. The third-order valence-electron chi connectivity index (χ3n) is 5.93. The second-order valence-corrected chi connectivity index (χ2v) is 7.86. The molecule has 1 N–H and O–H groups in total. The molecule has 1 aromatic heterocycles. The highest BCUT2D eigenvalue weighted by atomic mass is 16.5. The maximum absolute atomic E-state index is 9.57. The molecule has 6 heteroatoms. The molecule has 1 saturated carbocycles. The minimum absolute atomic E-state index is 0.139. The first-order valence-electron chi connectivity index (χ1n) is 9.76. The molecule has 3 heterocycles. The highest BCUT2D eigenvalue weighted by Crippen LogP contribution is 2.37. The zero-order valence-corrected chi connectivity index (χ0v) is 15.2. The predicted octanol–water partition coefficient (Wildman–Crippen LogP) is 1.57. The number of nitrogens with zero attached hydrogens (tertiary/aromatic N) is 4. The van der Waals surface area contributed by atoms with Gasteiger partial charge in [0, 0.05) is 50.4 Å². The molecule has 3 fully saturated rings. The molecular formula is C19H30N4O2. The molecule has 0 unspecified atom stereocenters. The smallest absolute Gasteiger partial charge is 0.132 e. The van der Waals surface area contributed by atoms with Crippen molar-refractivity contribution in [3.05, 3.63) is 17.6 Å². The Kier molecular flexibility index (Phi) is 5.20. The van der Waals surface area contributed by atoms with Gasteiger partial charge in [-0.1, -0.05) is 0 Å². The molecule has 2 aliphatic heterocycles. The summed E-state index contributed by atoms with van der Waals surface area (Å²) < 4.78 is 5.45. The molecule has 138 valence electrons. The van der Waals surface area contributed by atoms with E-state index in [9.17, 15) is 5.11 Å². The summed E-state index contributed by atoms with van der Waals surface area (Å²) in [4.78, 5) is 14.3. The number of morpholine rings is 1. The molecule has 0 spiro atoms. The Morgan fingerprint density at radius 1 is 1.12 bits per heavy atom. The van der Waals surface area contributed by atoms with Gasteiger partial charge in [-0.25, -0.2) is 9.97 Å². The van der Waals surface area contributed by atoms with Crippen LogP contribution in [0.1, 0.15) is 43.1 Å². The van der Waals surface area contributed by atoms with Crippen molar-refractivity contribution in [3.8, 4) is 0 Å². The van der Waals surface area contributed by atoms with Gasteiger partial charge in [0.15, 0.2) is 0 Å². The van der Waals surface area contributed by atoms with Crippen molar-refractivity contribution in [1.29, 1.82) is 0 Å². The average molecular weight is 346 g/mol. The number of aliphatic hydroxyl groups is 1. The number of anilines is 1. The normalized spacial score (nSPS) is 28.8. The highest BCUT2D eigenvalue weighted by Gasteiger charge is 2.31. The van der Waals surface area contributed by atoms with Gasteiger partial charge in [-0.05, 0) is 38.5 Å². The van der Waals surface area contributed by atoms with E-state index in [1.54, 1.807) is 0 Å². The lowest BCUT2D eigenvalue weighted by molar-refractivity contribution is 0.0289. The molecule has 0 bridgehead atoms. The average Bonchev–Trinajstić information content (AvgIpc) is 2.60. The Morgan fingerprint density at radius 3 is 2.52 bits per heavy atom. The van der Waals surface area contributed by atoms with Crippen molar-refractivity contribution in [2.45, 2.75) is 44.6 Å². The summed E-state index contributed by atoms with van der Waals surface area (Å²) in [6, 6.07) is 2.16. The first-order valence-corrected chi connectivity index (χ1v) is 9.76. The molecule has 6 nitrogen and oxygen atoms in total. The van der Waals surface area contributed by atoms with E-state index >= 15 is 0 Å². The van der Waals surface area contributed by atoms with Crippen LogP contribution < -0.4 is 4.90 Å². The zero-order valence-electron chi connectivity index (χ0n) is 15.2. The summed E-state index contributed by atoms with van der Waals surface area (Å²) >= 11 is 0. The van der Waals surface area contributed by atoms with Crippen molar-refractivity contribution in [1.82, 2.24) is 14.9 Å². The number of aliphatic hydroxyl groups excluding tert-OH is 1. The molecule has 25 heavy (non-hydrogen) atoms. The molecule has 1 aromatic rings. The van der Waals surface area contributed by atoms with E-state index < -0.39 is 0 Å². The number of aryl methyl sites for hydroxylation is 1. The lowest BCUT2D eigenvalue weighted by Gasteiger charge is -2.37. The van der Waals surface area contributed by atoms with Crippen molar-refractivity contribution in [2.75, 3.05) is 50.8 Å². The quantitative estimate of drug-likeness (QED) is 0.893. The third kappa shape index (κ3) is 4.13. The maximum atomic E-state index is 9.57. The van der Waals surface area contributed by atoms with E-state index in [0.29, 0.717) is 5.92 Å². The topological polar surface area (TPSA) is 61.7 Å². The summed E-state index contributed by atoms with van der Waals surface area (Å²) in [5.41, 5.74) is 1.11. The Morgan fingerprint density at radius 2 is 1.84 bits per heavy atom. The van der Waals surface area contributed by atoms with E-state index in [-0.39, 0.29) is 6.10 Å². The molecule has 3 aliphatic rings. The van der Waals surface area contributed by atoms with Gasteiger partial charge in [0.25, 0.3) is 0 Å². The van der Waals surface area contributed by atoms with Crippen LogP contribution in [0.3, 0.4) is 0 Å². The molecule has 2 saturated heterocycles. The van der Waals surface area contributed by atoms with Crippen molar-refractivity contribution >= 4 is 5.82 Å². The fourth-order valence-electron chi connectivity index (χ4n) is 4.27. The Labute approximate surface area is 150 Å². The number of aromatic nitrogens is 2. The second-order valence-electron chi connectivity index (χ2n) is 7.86. The second kappa shape index (κ2) is 7.56. The summed E-state index contributed by atoms with van der Waals surface area (Å²) in [7, 11) is 0. The predicted molar refractivity (Wildman–Crippen MR) is 96.9 cm³/mol. The summed E-state index contributed by atoms with van der Waals surface area (Å²) in [6.07, 6.45) is 4.02. The van der Waals surface area contributed by atoms with Gasteiger partial charge in [0.2, 0.25) is 0 Å². The zero-order chi connectivity index (χ0) is 17.2. The summed E-state index contributed by atoms with van der Waals surface area (Å²) in [5.74, 6) is 3.13. The van der Waals surface area contributed by atoms with Crippen LogP contribution in [0.5, 0.6) is 0 Å². The van der Waals surface area contributed by atoms with Crippen LogP contribution in [-0.2, 0) is 4.74 Å². The van der Waals surface area contributed by atoms with Gasteiger partial charge in [-0.2, -0.15) is 0 Å². The number of hydrogen-bond acceptors (Lipinski definition) is 6. The largest absolute Gasteiger partial charge is 0.393 e. The number of ether oxygens (including phenoxy) is 1. The molecular weight excluding hydrogens is 316 g/mol. The van der Waals surface area contributed by atoms with E-state index in [1.807, 2.05) is 6.92 Å². The van der Waals surface area contributed by atoms with Crippen LogP contribution >= 0.6 is 0 Å². The molecule has 4 rings (SSSR count). The first-order chi connectivity index (χ1) is 12.2. The lowest BCUT2D eigenvalue weighted by atomic mass is 9.80. The minimum Gasteiger partial charge on any atom is -0.393 e. The minimum atomic E-state index is -0.139. The van der Waals surface area contributed by atoms with Gasteiger partial charge in [-0.3, -0.25) is 4.90 Å². The Bertz CT molecular complexity index is 577. The van der Waals surface area contributed by atoms with Crippen LogP contribution in [-0.4, -0.2) is 72.0 Å². The Hall–Kier alpha value is -1.24. The number of piperidine rings is 1. The molecule has 0 radical (unpaired) electrons. The summed E-state index contributed by atoms with van der Waals surface area (Å²) in [5, 5.41) is 9.57. The fraction of sp³-hybridized carbons (Fsp3) is 0.789. The fourth-order valence-corrected chi connectivity index (χ4v) is 4.27. The van der Waals surface area contributed by atoms with Gasteiger partial charge >= 0.3 is 0 Å². The first kappa shape index (κ1) is 17.2. The standard InChI is InChI=1S/C19H30N4O2/c1-14-20-18(16-10-17(24)11-16)12-19(21-14)23-4-2-15(3-5-23)13-22-6-8-25-9-7-22/h12,15-17,24H,2-11,13H2,1H3. The molecule has 1 aliphatic carbocycles. The van der Waals surface area contributed by atoms with Crippen LogP contribution in [0.2, 0.25) is 0 Å². The molecule has 0 aromatic carbocycles. The molecule has 0 amide bonds. The van der Waals surface area contributed by atoms with Crippen LogP contribution in [0.25, 0.3) is 0 Å². The van der Waals surface area contributed by atoms with Crippen LogP contribution in [0, 0.1) is 12.8 Å². The van der Waals surface area contributed by atoms with Gasteiger partial charge < -0.3 is 14.7 Å². The van der Waals surface area contributed by atoms with E-state index in [2.05, 4.69) is 25.8 Å². The monoisotopic (exact) mass is 346 g/mol. The summed E-state index contributed by atoms with van der Waals surface area (Å²) in [6.45, 7) is 9.30. The van der Waals surface area contributed by atoms with Crippen molar-refractivity contribution < 1.29 is 9.84 Å². The number of rotatable bonds is 4. The molecule has 0 atom stereocenters. The van der Waals surface area contributed by atoms with Crippen molar-refractivity contribution in [2.24, 2.45) is 5.92 Å². The van der Waals surface area contributed by atoms with Gasteiger partial charge in [0.05, 0.1) is 19.3 Å². The van der Waals surface area contributed by atoms with Gasteiger partial charge in [-0.15, -0.1) is 0 Å². The Balaban J connectivity index is 1.34. The lowest BCUT2D eigenvalue weighted by Crippen LogP contribution is -2.43. The third-order valence-corrected chi connectivity index (χ3v) is 5.93. The van der Waals surface area contributed by atoms with Gasteiger partial charge in [0.1, 0.15) is 11.6 Å². The van der Waals surface area contributed by atoms with E-state index in [1.165, 1.54) is 19.4 Å². The van der Waals surface area contributed by atoms with Crippen LogP contribution in [0.4, 0.5) is 5.82 Å². The number of hydrogen-bond donors (Lipinski definition) is 1. The van der Waals surface area contributed by atoms with Crippen molar-refractivity contribution in [3.63, 3.8) is 0 Å². The van der Waals surface area contributed by atoms with Crippen LogP contribution in [0.15, 0.2) is 6.07 Å². The SMILES string of the molecule is Cc1nc(C2CC(O)C2)cc(N2CCC(CN3CCOCC3)CC2)n1.